The number of hydrogen-bond acceptors (Lipinski definition) is 1. The molecule has 0 aromatic heterocycles. The smallest absolute Gasteiger partial charge is 0.254 e. The topological polar surface area (TPSA) is 29.1 Å². The normalized spacial score (nSPS) is 10.3. The molecule has 0 fully saturated rings. The van der Waals surface area contributed by atoms with Crippen molar-refractivity contribution in [1.82, 2.24) is 5.32 Å². The van der Waals surface area contributed by atoms with Crippen LogP contribution < -0.4 is 5.32 Å². The zero-order valence-electron chi connectivity index (χ0n) is 9.31. The van der Waals surface area contributed by atoms with Gasteiger partial charge in [-0.2, -0.15) is 0 Å². The second-order valence-electron chi connectivity index (χ2n) is 3.61. The lowest BCUT2D eigenvalue weighted by atomic mass is 10.2. The van der Waals surface area contributed by atoms with Crippen LogP contribution in [0.25, 0.3) is 0 Å². The third kappa shape index (κ3) is 4.79. The van der Waals surface area contributed by atoms with Gasteiger partial charge < -0.3 is 5.32 Å². The average molecular weight is 370 g/mol. The predicted molar refractivity (Wildman–Crippen MR) is 76.5 cm³/mol. The van der Waals surface area contributed by atoms with Crippen molar-refractivity contribution in [1.29, 1.82) is 0 Å². The fraction of sp³-hybridized carbons (Fsp3) is 0.417. The van der Waals surface area contributed by atoms with E-state index >= 15 is 0 Å². The number of unbranched alkanes of at least 4 members (excludes halogenated alkanes) is 2. The van der Waals surface area contributed by atoms with Crippen LogP contribution in [-0.2, 0) is 0 Å². The highest BCUT2D eigenvalue weighted by molar-refractivity contribution is 14.1. The summed E-state index contributed by atoms with van der Waals surface area (Å²) in [5.74, 6) is -1.06. The molecule has 2 nitrogen and oxygen atoms in total. The van der Waals surface area contributed by atoms with E-state index in [4.69, 9.17) is 11.6 Å². The Kier molecular flexibility index (Phi) is 6.80. The van der Waals surface area contributed by atoms with Gasteiger partial charge in [-0.05, 0) is 29.4 Å². The molecular weight excluding hydrogens is 355 g/mol. The Morgan fingerprint density at radius 3 is 2.82 bits per heavy atom. The van der Waals surface area contributed by atoms with Crippen molar-refractivity contribution in [2.45, 2.75) is 19.3 Å². The lowest BCUT2D eigenvalue weighted by molar-refractivity contribution is 0.0949. The number of rotatable bonds is 6. The van der Waals surface area contributed by atoms with Gasteiger partial charge >= 0.3 is 0 Å². The zero-order chi connectivity index (χ0) is 12.7. The molecule has 1 rings (SSSR count). The maximum absolute atomic E-state index is 13.5. The highest BCUT2D eigenvalue weighted by Gasteiger charge is 2.12. The summed E-state index contributed by atoms with van der Waals surface area (Å²) >= 11 is 7.92. The van der Waals surface area contributed by atoms with Crippen molar-refractivity contribution >= 4 is 40.1 Å². The maximum Gasteiger partial charge on any atom is 0.254 e. The summed E-state index contributed by atoms with van der Waals surface area (Å²) in [6.07, 6.45) is 3.13. The van der Waals surface area contributed by atoms with Gasteiger partial charge in [0.2, 0.25) is 0 Å². The molecule has 1 aromatic rings. The van der Waals surface area contributed by atoms with Gasteiger partial charge in [0.15, 0.2) is 5.82 Å². The largest absolute Gasteiger partial charge is 0.352 e. The van der Waals surface area contributed by atoms with Crippen molar-refractivity contribution in [2.24, 2.45) is 0 Å². The number of halogens is 3. The summed E-state index contributed by atoms with van der Waals surface area (Å²) in [6.45, 7) is 0.571. The molecule has 1 aromatic carbocycles. The maximum atomic E-state index is 13.5. The van der Waals surface area contributed by atoms with Crippen LogP contribution in [0, 0.1) is 5.82 Å². The van der Waals surface area contributed by atoms with Crippen LogP contribution in [0.5, 0.6) is 0 Å². The fourth-order valence-electron chi connectivity index (χ4n) is 1.37. The standard InChI is InChI=1S/C12H14ClFINO/c13-10-6-4-5-9(11(10)14)12(17)16-8-3-1-2-7-15/h4-6H,1-3,7-8H2,(H,16,17). The van der Waals surface area contributed by atoms with Crippen LogP contribution in [0.4, 0.5) is 4.39 Å². The van der Waals surface area contributed by atoms with Gasteiger partial charge in [-0.1, -0.05) is 46.7 Å². The molecule has 0 atom stereocenters. The second-order valence-corrected chi connectivity index (χ2v) is 5.09. The zero-order valence-corrected chi connectivity index (χ0v) is 12.2. The van der Waals surface area contributed by atoms with Gasteiger partial charge in [-0.15, -0.1) is 0 Å². The van der Waals surface area contributed by atoms with Crippen LogP contribution >= 0.6 is 34.2 Å². The Balaban J connectivity index is 2.44. The number of amides is 1. The molecule has 94 valence electrons. The van der Waals surface area contributed by atoms with E-state index < -0.39 is 11.7 Å². The van der Waals surface area contributed by atoms with Crippen molar-refractivity contribution < 1.29 is 9.18 Å². The number of hydrogen-bond donors (Lipinski definition) is 1. The number of alkyl halides is 1. The van der Waals surface area contributed by atoms with E-state index in [1.807, 2.05) is 0 Å². The summed E-state index contributed by atoms with van der Waals surface area (Å²) in [4.78, 5) is 11.6. The highest BCUT2D eigenvalue weighted by atomic mass is 127. The molecule has 1 amide bonds. The minimum Gasteiger partial charge on any atom is -0.352 e. The van der Waals surface area contributed by atoms with Crippen molar-refractivity contribution in [3.63, 3.8) is 0 Å². The Bertz CT molecular complexity index is 387. The first-order valence-electron chi connectivity index (χ1n) is 5.45. The number of carbonyl (C=O) groups excluding carboxylic acids is 1. The van der Waals surface area contributed by atoms with E-state index in [0.29, 0.717) is 6.54 Å². The van der Waals surface area contributed by atoms with E-state index in [1.165, 1.54) is 12.1 Å². The van der Waals surface area contributed by atoms with Gasteiger partial charge in [0.1, 0.15) is 0 Å². The Hall–Kier alpha value is -0.360. The highest BCUT2D eigenvalue weighted by Crippen LogP contribution is 2.17. The molecule has 0 aliphatic heterocycles. The minimum atomic E-state index is -0.654. The minimum absolute atomic E-state index is 0.00592. The molecule has 0 aliphatic carbocycles. The average Bonchev–Trinajstić information content (AvgIpc) is 2.32. The molecule has 5 heteroatoms. The molecule has 0 unspecified atom stereocenters. The van der Waals surface area contributed by atoms with Crippen molar-refractivity contribution in [3.8, 4) is 0 Å². The summed E-state index contributed by atoms with van der Waals surface area (Å²) < 4.78 is 14.6. The SMILES string of the molecule is O=C(NCCCCCI)c1cccc(Cl)c1F. The third-order valence-electron chi connectivity index (χ3n) is 2.29. The molecule has 0 radical (unpaired) electrons. The van der Waals surface area contributed by atoms with Gasteiger partial charge in [0.05, 0.1) is 10.6 Å². The van der Waals surface area contributed by atoms with Gasteiger partial charge in [-0.3, -0.25) is 4.79 Å². The van der Waals surface area contributed by atoms with E-state index in [1.54, 1.807) is 6.07 Å². The Morgan fingerprint density at radius 1 is 1.35 bits per heavy atom. The van der Waals surface area contributed by atoms with Crippen LogP contribution in [-0.4, -0.2) is 16.9 Å². The van der Waals surface area contributed by atoms with E-state index in [2.05, 4.69) is 27.9 Å². The van der Waals surface area contributed by atoms with Crippen LogP contribution in [0.15, 0.2) is 18.2 Å². The Morgan fingerprint density at radius 2 is 2.12 bits per heavy atom. The number of carbonyl (C=O) groups is 1. The molecule has 17 heavy (non-hydrogen) atoms. The summed E-state index contributed by atoms with van der Waals surface area (Å²) in [5.41, 5.74) is 0.00592. The molecule has 0 aliphatic rings. The molecule has 1 N–H and O–H groups in total. The van der Waals surface area contributed by atoms with Gasteiger partial charge in [-0.25, -0.2) is 4.39 Å². The number of nitrogens with one attached hydrogen (secondary N) is 1. The summed E-state index contributed by atoms with van der Waals surface area (Å²) in [7, 11) is 0. The molecule has 0 saturated heterocycles. The molecular formula is C12H14ClFINO. The molecule has 0 saturated carbocycles. The summed E-state index contributed by atoms with van der Waals surface area (Å²) in [6, 6.07) is 4.42. The van der Waals surface area contributed by atoms with E-state index in [0.717, 1.165) is 23.7 Å². The predicted octanol–water partition coefficient (Wildman–Crippen LogP) is 3.81. The summed E-state index contributed by atoms with van der Waals surface area (Å²) in [5, 5.41) is 2.66. The van der Waals surface area contributed by atoms with E-state index in [9.17, 15) is 9.18 Å². The van der Waals surface area contributed by atoms with Crippen LogP contribution in [0.1, 0.15) is 29.6 Å². The molecule has 0 spiro atoms. The van der Waals surface area contributed by atoms with E-state index in [-0.39, 0.29) is 10.6 Å². The first kappa shape index (κ1) is 14.7. The second kappa shape index (κ2) is 7.87. The fourth-order valence-corrected chi connectivity index (χ4v) is 2.09. The lowest BCUT2D eigenvalue weighted by Crippen LogP contribution is -2.25. The Labute approximate surface area is 119 Å². The van der Waals surface area contributed by atoms with Crippen molar-refractivity contribution in [2.75, 3.05) is 11.0 Å². The first-order valence-corrected chi connectivity index (χ1v) is 7.35. The first-order chi connectivity index (χ1) is 8.16. The number of benzene rings is 1. The molecule has 0 bridgehead atoms. The van der Waals surface area contributed by atoms with Gasteiger partial charge in [0, 0.05) is 6.54 Å². The lowest BCUT2D eigenvalue weighted by Gasteiger charge is -2.06. The quantitative estimate of drug-likeness (QED) is 0.461. The van der Waals surface area contributed by atoms with Gasteiger partial charge in [0.25, 0.3) is 5.91 Å². The van der Waals surface area contributed by atoms with Crippen LogP contribution in [0.3, 0.4) is 0 Å². The van der Waals surface area contributed by atoms with Crippen molar-refractivity contribution in [3.05, 3.63) is 34.6 Å². The third-order valence-corrected chi connectivity index (χ3v) is 3.35. The monoisotopic (exact) mass is 369 g/mol. The van der Waals surface area contributed by atoms with Crippen LogP contribution in [0.2, 0.25) is 5.02 Å². The molecule has 0 heterocycles.